The second kappa shape index (κ2) is 14.5. The zero-order chi connectivity index (χ0) is 31.7. The number of esters is 1. The van der Waals surface area contributed by atoms with Crippen LogP contribution in [0.2, 0.25) is 0 Å². The van der Waals surface area contributed by atoms with E-state index in [4.69, 9.17) is 9.47 Å². The van der Waals surface area contributed by atoms with E-state index in [9.17, 15) is 18.8 Å². The average molecular weight is 597 g/mol. The molecule has 1 N–H and O–H groups in total. The Hall–Kier alpha value is -4.98. The van der Waals surface area contributed by atoms with Crippen LogP contribution in [0, 0.1) is 11.2 Å². The van der Waals surface area contributed by atoms with Crippen LogP contribution in [-0.2, 0) is 20.7 Å². The molecule has 1 amide bonds. The van der Waals surface area contributed by atoms with Crippen molar-refractivity contribution in [3.8, 4) is 5.75 Å². The summed E-state index contributed by atoms with van der Waals surface area (Å²) in [4.78, 5) is 40.4. The molecule has 0 aromatic heterocycles. The van der Waals surface area contributed by atoms with Gasteiger partial charge in [0.2, 0.25) is 5.91 Å². The number of nitrogens with one attached hydrogen (secondary N) is 1. The minimum absolute atomic E-state index is 0.147. The molecule has 0 aliphatic heterocycles. The zero-order valence-electron chi connectivity index (χ0n) is 25.4. The van der Waals surface area contributed by atoms with E-state index in [1.165, 1.54) is 18.1 Å². The second-order valence-electron chi connectivity index (χ2n) is 11.3. The van der Waals surface area contributed by atoms with Gasteiger partial charge < -0.3 is 19.7 Å². The van der Waals surface area contributed by atoms with Gasteiger partial charge in [-0.05, 0) is 42.0 Å². The summed E-state index contributed by atoms with van der Waals surface area (Å²) in [7, 11) is 1.32. The van der Waals surface area contributed by atoms with Crippen LogP contribution in [0.25, 0.3) is 0 Å². The summed E-state index contributed by atoms with van der Waals surface area (Å²) < 4.78 is 25.5. The fraction of sp³-hybridized carbons (Fsp3) is 0.250. The highest BCUT2D eigenvalue weighted by molar-refractivity contribution is 6.12. The lowest BCUT2D eigenvalue weighted by atomic mass is 9.94. The number of amides is 1. The van der Waals surface area contributed by atoms with Crippen molar-refractivity contribution in [1.29, 1.82) is 0 Å². The summed E-state index contributed by atoms with van der Waals surface area (Å²) in [5, 5.41) is 3.21. The molecule has 8 heteroatoms. The van der Waals surface area contributed by atoms with E-state index >= 15 is 0 Å². The van der Waals surface area contributed by atoms with Gasteiger partial charge in [-0.15, -0.1) is 0 Å². The third kappa shape index (κ3) is 8.10. The number of hydrogen-bond acceptors (Lipinski definition) is 6. The van der Waals surface area contributed by atoms with Crippen molar-refractivity contribution in [3.05, 3.63) is 126 Å². The summed E-state index contributed by atoms with van der Waals surface area (Å²) in [5.41, 5.74) is 1.87. The van der Waals surface area contributed by atoms with Gasteiger partial charge in [-0.1, -0.05) is 87.5 Å². The minimum atomic E-state index is -0.755. The maximum absolute atomic E-state index is 14.6. The van der Waals surface area contributed by atoms with Gasteiger partial charge in [0.15, 0.2) is 5.78 Å². The molecule has 1 unspecified atom stereocenters. The van der Waals surface area contributed by atoms with Crippen molar-refractivity contribution in [2.75, 3.05) is 30.5 Å². The molecule has 0 heterocycles. The Bertz CT molecular complexity index is 1580. The molecule has 4 rings (SSSR count). The molecule has 0 radical (unpaired) electrons. The number of methoxy groups -OCH3 is 1. The van der Waals surface area contributed by atoms with Crippen LogP contribution in [0.4, 0.5) is 15.8 Å². The summed E-state index contributed by atoms with van der Waals surface area (Å²) in [5.74, 6) is -0.752. The van der Waals surface area contributed by atoms with Crippen molar-refractivity contribution in [2.45, 2.75) is 33.2 Å². The maximum Gasteiger partial charge on any atom is 0.328 e. The standard InChI is InChI=1S/C36H37FN2O5/c1-36(2,3)35(42)39(32-17-11-9-15-29(32)37)22-23-44-27-20-18-25(19-21-27)24-31(34(41)43-4)38-30-16-10-8-14-28(30)33(40)26-12-6-5-7-13-26/h5-21,31,38H,22-24H2,1-4H3. The molecular formula is C36H37FN2O5. The zero-order valence-corrected chi connectivity index (χ0v) is 25.4. The van der Waals surface area contributed by atoms with Crippen LogP contribution >= 0.6 is 0 Å². The highest BCUT2D eigenvalue weighted by Crippen LogP contribution is 2.26. The normalized spacial score (nSPS) is 11.8. The monoisotopic (exact) mass is 596 g/mol. The third-order valence-corrected chi connectivity index (χ3v) is 7.00. The van der Waals surface area contributed by atoms with Crippen molar-refractivity contribution < 1.29 is 28.2 Å². The number of rotatable bonds is 12. The largest absolute Gasteiger partial charge is 0.492 e. The molecule has 0 aliphatic carbocycles. The van der Waals surface area contributed by atoms with E-state index in [2.05, 4.69) is 5.32 Å². The summed E-state index contributed by atoms with van der Waals surface area (Å²) in [6, 6.07) is 28.7. The highest BCUT2D eigenvalue weighted by Gasteiger charge is 2.29. The Morgan fingerprint density at radius 1 is 0.841 bits per heavy atom. The van der Waals surface area contributed by atoms with Crippen molar-refractivity contribution >= 4 is 29.0 Å². The quantitative estimate of drug-likeness (QED) is 0.145. The number of ketones is 1. The Morgan fingerprint density at radius 2 is 1.48 bits per heavy atom. The SMILES string of the molecule is COC(=O)C(Cc1ccc(OCCN(C(=O)C(C)(C)C)c2ccccc2F)cc1)Nc1ccccc1C(=O)c1ccccc1. The lowest BCUT2D eigenvalue weighted by Gasteiger charge is -2.29. The molecule has 0 saturated heterocycles. The number of carbonyl (C=O) groups is 3. The summed E-state index contributed by atoms with van der Waals surface area (Å²) in [6.07, 6.45) is 0.294. The first-order chi connectivity index (χ1) is 21.1. The number of ether oxygens (including phenoxy) is 2. The third-order valence-electron chi connectivity index (χ3n) is 7.00. The predicted octanol–water partition coefficient (Wildman–Crippen LogP) is 6.71. The number of halogens is 1. The molecule has 1 atom stereocenters. The minimum Gasteiger partial charge on any atom is -0.492 e. The molecule has 0 aliphatic rings. The molecule has 0 fully saturated rings. The van der Waals surface area contributed by atoms with Crippen molar-refractivity contribution in [3.63, 3.8) is 0 Å². The fourth-order valence-corrected chi connectivity index (χ4v) is 4.69. The van der Waals surface area contributed by atoms with E-state index in [0.717, 1.165) is 5.56 Å². The van der Waals surface area contributed by atoms with Gasteiger partial charge >= 0.3 is 5.97 Å². The van der Waals surface area contributed by atoms with Gasteiger partial charge in [0.25, 0.3) is 0 Å². The lowest BCUT2D eigenvalue weighted by Crippen LogP contribution is -2.42. The molecule has 0 spiro atoms. The number of nitrogens with zero attached hydrogens (tertiary/aromatic N) is 1. The maximum atomic E-state index is 14.6. The van der Waals surface area contributed by atoms with Crippen molar-refractivity contribution in [1.82, 2.24) is 0 Å². The second-order valence-corrected chi connectivity index (χ2v) is 11.3. The van der Waals surface area contributed by atoms with Crippen LogP contribution in [0.5, 0.6) is 5.75 Å². The van der Waals surface area contributed by atoms with Gasteiger partial charge in [0.05, 0.1) is 19.3 Å². The van der Waals surface area contributed by atoms with Crippen LogP contribution in [0.15, 0.2) is 103 Å². The van der Waals surface area contributed by atoms with Gasteiger partial charge in [0, 0.05) is 28.7 Å². The van der Waals surface area contributed by atoms with Gasteiger partial charge in [-0.25, -0.2) is 9.18 Å². The van der Waals surface area contributed by atoms with E-state index < -0.39 is 23.2 Å². The van der Waals surface area contributed by atoms with Gasteiger partial charge in [-0.3, -0.25) is 9.59 Å². The average Bonchev–Trinajstić information content (AvgIpc) is 3.03. The van der Waals surface area contributed by atoms with Gasteiger partial charge in [-0.2, -0.15) is 0 Å². The Morgan fingerprint density at radius 3 is 2.14 bits per heavy atom. The smallest absolute Gasteiger partial charge is 0.328 e. The number of para-hydroxylation sites is 2. The van der Waals surface area contributed by atoms with E-state index in [1.54, 1.807) is 99.6 Å². The van der Waals surface area contributed by atoms with E-state index in [-0.39, 0.29) is 30.5 Å². The number of carbonyl (C=O) groups excluding carboxylic acids is 3. The highest BCUT2D eigenvalue weighted by atomic mass is 19.1. The summed E-state index contributed by atoms with van der Waals surface area (Å²) in [6.45, 7) is 5.68. The Balaban J connectivity index is 1.43. The predicted molar refractivity (Wildman–Crippen MR) is 170 cm³/mol. The first kappa shape index (κ1) is 31.9. The van der Waals surface area contributed by atoms with Gasteiger partial charge in [0.1, 0.15) is 24.2 Å². The number of hydrogen-bond donors (Lipinski definition) is 1. The number of benzene rings is 4. The molecule has 0 saturated carbocycles. The van der Waals surface area contributed by atoms with E-state index in [1.807, 2.05) is 18.2 Å². The van der Waals surface area contributed by atoms with Crippen LogP contribution < -0.4 is 15.0 Å². The first-order valence-electron chi connectivity index (χ1n) is 14.4. The molecule has 4 aromatic rings. The molecular weight excluding hydrogens is 559 g/mol. The van der Waals surface area contributed by atoms with Crippen LogP contribution in [0.3, 0.4) is 0 Å². The Labute approximate surface area is 257 Å². The van der Waals surface area contributed by atoms with E-state index in [0.29, 0.717) is 29.0 Å². The molecule has 0 bridgehead atoms. The summed E-state index contributed by atoms with van der Waals surface area (Å²) >= 11 is 0. The fourth-order valence-electron chi connectivity index (χ4n) is 4.69. The molecule has 44 heavy (non-hydrogen) atoms. The molecule has 4 aromatic carbocycles. The van der Waals surface area contributed by atoms with Crippen LogP contribution in [0.1, 0.15) is 42.3 Å². The molecule has 228 valence electrons. The van der Waals surface area contributed by atoms with Crippen LogP contribution in [-0.4, -0.2) is 44.0 Å². The number of anilines is 2. The Kier molecular flexibility index (Phi) is 10.5. The molecule has 7 nitrogen and oxygen atoms in total. The lowest BCUT2D eigenvalue weighted by molar-refractivity contribution is -0.141. The van der Waals surface area contributed by atoms with Crippen molar-refractivity contribution in [2.24, 2.45) is 5.41 Å². The topological polar surface area (TPSA) is 84.9 Å². The first-order valence-corrected chi connectivity index (χ1v) is 14.4.